The number of aryl methyl sites for hydroxylation is 1. The van der Waals surface area contributed by atoms with E-state index in [1.165, 1.54) is 6.07 Å². The first kappa shape index (κ1) is 21.3. The molecule has 4 rings (SSSR count). The maximum absolute atomic E-state index is 12.7. The third kappa shape index (κ3) is 4.84. The number of pyridine rings is 1. The Morgan fingerprint density at radius 3 is 2.47 bits per heavy atom. The number of halogens is 1. The maximum Gasteiger partial charge on any atom is 0.276 e. The molecule has 0 aliphatic carbocycles. The predicted molar refractivity (Wildman–Crippen MR) is 123 cm³/mol. The number of hydrogen-bond donors (Lipinski definition) is 2. The molecule has 4 aromatic rings. The zero-order valence-electron chi connectivity index (χ0n) is 17.2. The van der Waals surface area contributed by atoms with Crippen LogP contribution in [-0.4, -0.2) is 26.6 Å². The van der Waals surface area contributed by atoms with Gasteiger partial charge in [-0.2, -0.15) is 5.10 Å². The van der Waals surface area contributed by atoms with Crippen LogP contribution >= 0.6 is 11.6 Å². The average Bonchev–Trinajstić information content (AvgIpc) is 3.20. The highest BCUT2D eigenvalue weighted by Crippen LogP contribution is 2.22. The molecule has 0 fully saturated rings. The summed E-state index contributed by atoms with van der Waals surface area (Å²) < 4.78 is 1.71. The summed E-state index contributed by atoms with van der Waals surface area (Å²) in [7, 11) is 0. The van der Waals surface area contributed by atoms with Crippen molar-refractivity contribution in [2.24, 2.45) is 0 Å². The SMILES string of the molecule is Cc1cc(C(=O)Nc2ccc(C(=O)NCc3ccccn3)c(Cl)c2)nn1-c1ccccc1. The summed E-state index contributed by atoms with van der Waals surface area (Å²) in [4.78, 5) is 29.3. The van der Waals surface area contributed by atoms with E-state index in [1.807, 2.05) is 55.5 Å². The van der Waals surface area contributed by atoms with Gasteiger partial charge in [-0.05, 0) is 55.5 Å². The fraction of sp³-hybridized carbons (Fsp3) is 0.0833. The lowest BCUT2D eigenvalue weighted by Crippen LogP contribution is -2.23. The van der Waals surface area contributed by atoms with Crippen LogP contribution in [-0.2, 0) is 6.54 Å². The van der Waals surface area contributed by atoms with Crippen LogP contribution in [0.25, 0.3) is 5.69 Å². The zero-order chi connectivity index (χ0) is 22.5. The van der Waals surface area contributed by atoms with Gasteiger partial charge >= 0.3 is 0 Å². The van der Waals surface area contributed by atoms with Crippen LogP contribution in [0.4, 0.5) is 5.69 Å². The number of rotatable bonds is 6. The number of carbonyl (C=O) groups excluding carboxylic acids is 2. The Hall–Kier alpha value is -3.97. The third-order valence-electron chi connectivity index (χ3n) is 4.75. The summed E-state index contributed by atoms with van der Waals surface area (Å²) in [5.74, 6) is -0.693. The predicted octanol–water partition coefficient (Wildman–Crippen LogP) is 4.41. The third-order valence-corrected chi connectivity index (χ3v) is 5.06. The Balaban J connectivity index is 1.43. The van der Waals surface area contributed by atoms with E-state index >= 15 is 0 Å². The number of para-hydroxylation sites is 1. The molecule has 0 spiro atoms. The average molecular weight is 446 g/mol. The molecule has 2 amide bonds. The summed E-state index contributed by atoms with van der Waals surface area (Å²) >= 11 is 6.30. The van der Waals surface area contributed by atoms with Gasteiger partial charge < -0.3 is 10.6 Å². The number of anilines is 1. The molecule has 2 heterocycles. The molecule has 0 radical (unpaired) electrons. The zero-order valence-corrected chi connectivity index (χ0v) is 18.0. The molecule has 0 unspecified atom stereocenters. The lowest BCUT2D eigenvalue weighted by molar-refractivity contribution is 0.0950. The minimum Gasteiger partial charge on any atom is -0.346 e. The second-order valence-corrected chi connectivity index (χ2v) is 7.48. The molecule has 0 saturated carbocycles. The molecule has 7 nitrogen and oxygen atoms in total. The summed E-state index contributed by atoms with van der Waals surface area (Å²) in [6, 6.07) is 21.5. The summed E-state index contributed by atoms with van der Waals surface area (Å²) in [6.45, 7) is 2.17. The van der Waals surface area contributed by atoms with Crippen molar-refractivity contribution in [3.8, 4) is 5.69 Å². The van der Waals surface area contributed by atoms with E-state index in [0.717, 1.165) is 17.1 Å². The monoisotopic (exact) mass is 445 g/mol. The van der Waals surface area contributed by atoms with Crippen LogP contribution in [0.5, 0.6) is 0 Å². The van der Waals surface area contributed by atoms with E-state index in [0.29, 0.717) is 11.3 Å². The van der Waals surface area contributed by atoms with Crippen LogP contribution in [0.3, 0.4) is 0 Å². The number of aromatic nitrogens is 3. The fourth-order valence-corrected chi connectivity index (χ4v) is 3.42. The molecule has 8 heteroatoms. The summed E-state index contributed by atoms with van der Waals surface area (Å²) in [5, 5.41) is 10.2. The van der Waals surface area contributed by atoms with E-state index < -0.39 is 0 Å². The van der Waals surface area contributed by atoms with Crippen molar-refractivity contribution in [2.75, 3.05) is 5.32 Å². The molecule has 32 heavy (non-hydrogen) atoms. The van der Waals surface area contributed by atoms with E-state index in [1.54, 1.807) is 29.1 Å². The Morgan fingerprint density at radius 1 is 0.969 bits per heavy atom. The number of nitrogens with zero attached hydrogens (tertiary/aromatic N) is 3. The molecule has 2 N–H and O–H groups in total. The lowest BCUT2D eigenvalue weighted by Gasteiger charge is -2.09. The smallest absolute Gasteiger partial charge is 0.276 e. The van der Waals surface area contributed by atoms with Gasteiger partial charge in [0.15, 0.2) is 5.69 Å². The van der Waals surface area contributed by atoms with Gasteiger partial charge in [0.05, 0.1) is 28.5 Å². The molecule has 160 valence electrons. The van der Waals surface area contributed by atoms with E-state index in [4.69, 9.17) is 11.6 Å². The second kappa shape index (κ2) is 9.45. The van der Waals surface area contributed by atoms with Crippen molar-refractivity contribution < 1.29 is 9.59 Å². The number of hydrogen-bond acceptors (Lipinski definition) is 4. The van der Waals surface area contributed by atoms with Gasteiger partial charge in [0.25, 0.3) is 11.8 Å². The molecule has 0 aliphatic heterocycles. The van der Waals surface area contributed by atoms with Crippen molar-refractivity contribution in [1.82, 2.24) is 20.1 Å². The number of nitrogens with one attached hydrogen (secondary N) is 2. The highest BCUT2D eigenvalue weighted by atomic mass is 35.5. The van der Waals surface area contributed by atoms with Crippen molar-refractivity contribution in [3.05, 3.63) is 107 Å². The quantitative estimate of drug-likeness (QED) is 0.460. The summed E-state index contributed by atoms with van der Waals surface area (Å²) in [5.41, 5.74) is 3.50. The Bertz CT molecular complexity index is 1260. The Labute approximate surface area is 190 Å². The summed E-state index contributed by atoms with van der Waals surface area (Å²) in [6.07, 6.45) is 1.66. The van der Waals surface area contributed by atoms with Crippen LogP contribution in [0.2, 0.25) is 5.02 Å². The van der Waals surface area contributed by atoms with Crippen molar-refractivity contribution in [2.45, 2.75) is 13.5 Å². The molecule has 0 bridgehead atoms. The number of carbonyl (C=O) groups is 2. The Kier molecular flexibility index (Phi) is 6.28. The van der Waals surface area contributed by atoms with Gasteiger partial charge in [0.1, 0.15) is 0 Å². The van der Waals surface area contributed by atoms with Crippen LogP contribution in [0.15, 0.2) is 79.0 Å². The largest absolute Gasteiger partial charge is 0.346 e. The second-order valence-electron chi connectivity index (χ2n) is 7.07. The van der Waals surface area contributed by atoms with Crippen LogP contribution in [0, 0.1) is 6.92 Å². The van der Waals surface area contributed by atoms with Gasteiger partial charge in [-0.3, -0.25) is 14.6 Å². The Morgan fingerprint density at radius 2 is 1.75 bits per heavy atom. The minimum absolute atomic E-state index is 0.229. The van der Waals surface area contributed by atoms with Crippen molar-refractivity contribution >= 4 is 29.1 Å². The molecule has 0 atom stereocenters. The van der Waals surface area contributed by atoms with Crippen molar-refractivity contribution in [1.29, 1.82) is 0 Å². The molecule has 0 aliphatic rings. The topological polar surface area (TPSA) is 88.9 Å². The molecular weight excluding hydrogens is 426 g/mol. The van der Waals surface area contributed by atoms with E-state index in [9.17, 15) is 9.59 Å². The molecule has 2 aromatic carbocycles. The fourth-order valence-electron chi connectivity index (χ4n) is 3.16. The first-order valence-electron chi connectivity index (χ1n) is 9.92. The first-order valence-corrected chi connectivity index (χ1v) is 10.3. The maximum atomic E-state index is 12.7. The van der Waals surface area contributed by atoms with Gasteiger partial charge in [0.2, 0.25) is 0 Å². The number of benzene rings is 2. The van der Waals surface area contributed by atoms with Gasteiger partial charge in [0, 0.05) is 17.6 Å². The van der Waals surface area contributed by atoms with Gasteiger partial charge in [-0.25, -0.2) is 4.68 Å². The van der Waals surface area contributed by atoms with Crippen LogP contribution in [0.1, 0.15) is 32.2 Å². The highest BCUT2D eigenvalue weighted by Gasteiger charge is 2.16. The van der Waals surface area contributed by atoms with Gasteiger partial charge in [-0.15, -0.1) is 0 Å². The normalized spacial score (nSPS) is 10.6. The number of amides is 2. The minimum atomic E-state index is -0.369. The molecule has 0 saturated heterocycles. The van der Waals surface area contributed by atoms with E-state index in [2.05, 4.69) is 20.7 Å². The van der Waals surface area contributed by atoms with Crippen LogP contribution < -0.4 is 10.6 Å². The van der Waals surface area contributed by atoms with Gasteiger partial charge in [-0.1, -0.05) is 35.9 Å². The standard InChI is InChI=1S/C24H20ClN5O2/c1-16-13-22(29-30(16)19-8-3-2-4-9-19)24(32)28-17-10-11-20(21(25)14-17)23(31)27-15-18-7-5-6-12-26-18/h2-14H,15H2,1H3,(H,27,31)(H,28,32). The van der Waals surface area contributed by atoms with E-state index in [-0.39, 0.29) is 29.1 Å². The lowest BCUT2D eigenvalue weighted by atomic mass is 10.2. The highest BCUT2D eigenvalue weighted by molar-refractivity contribution is 6.34. The molecular formula is C24H20ClN5O2. The molecule has 2 aromatic heterocycles. The van der Waals surface area contributed by atoms with Crippen molar-refractivity contribution in [3.63, 3.8) is 0 Å². The first-order chi connectivity index (χ1) is 15.5.